The maximum absolute atomic E-state index is 11.2. The highest BCUT2D eigenvalue weighted by atomic mass is 35.5. The van der Waals surface area contributed by atoms with E-state index in [1.165, 1.54) is 6.07 Å². The minimum absolute atomic E-state index is 0.0888. The predicted octanol–water partition coefficient (Wildman–Crippen LogP) is 4.72. The number of rotatable bonds is 5. The number of fused-ring (bicyclic) bond motifs is 1. The third-order valence-electron chi connectivity index (χ3n) is 3.89. The Bertz CT molecular complexity index is 1060. The lowest BCUT2D eigenvalue weighted by atomic mass is 10.2. The molecule has 2 aromatic heterocycles. The van der Waals surface area contributed by atoms with Gasteiger partial charge in [0.25, 0.3) is 0 Å². The van der Waals surface area contributed by atoms with Crippen LogP contribution in [0.1, 0.15) is 5.76 Å². The van der Waals surface area contributed by atoms with Crippen LogP contribution in [0.25, 0.3) is 11.0 Å². The van der Waals surface area contributed by atoms with Crippen molar-refractivity contribution < 1.29 is 14.0 Å². The summed E-state index contributed by atoms with van der Waals surface area (Å²) in [5.41, 5.74) is 1.63. The van der Waals surface area contributed by atoms with E-state index in [4.69, 9.17) is 20.6 Å². The van der Waals surface area contributed by atoms with Crippen LogP contribution in [-0.4, -0.2) is 15.2 Å². The van der Waals surface area contributed by atoms with Crippen molar-refractivity contribution in [3.63, 3.8) is 0 Å². The van der Waals surface area contributed by atoms with Crippen LogP contribution in [-0.2, 0) is 6.54 Å². The van der Waals surface area contributed by atoms with Crippen LogP contribution in [0, 0.1) is 10.1 Å². The lowest BCUT2D eigenvalue weighted by Crippen LogP contribution is -2.16. The minimum Gasteiger partial charge on any atom is -0.467 e. The van der Waals surface area contributed by atoms with Gasteiger partial charge in [-0.15, -0.1) is 0 Å². The molecular weight excluding hydrogens is 360 g/mol. The number of anilines is 2. The van der Waals surface area contributed by atoms with Crippen LogP contribution >= 0.6 is 11.6 Å². The summed E-state index contributed by atoms with van der Waals surface area (Å²) in [7, 11) is 0. The predicted molar refractivity (Wildman–Crippen MR) is 94.5 cm³/mol. The summed E-state index contributed by atoms with van der Waals surface area (Å²) in [5, 5.41) is 19.4. The van der Waals surface area contributed by atoms with Crippen molar-refractivity contribution in [2.45, 2.75) is 6.54 Å². The number of nitro groups is 1. The molecular formula is C17H11ClN4O4. The standard InChI is InChI=1S/C17H11ClN4O4/c18-11-3-5-12(6-4-11)21(10-13-2-1-9-25-13)14-7-8-15(22(23)24)17-16(14)19-26-20-17/h1-9H,10H2. The van der Waals surface area contributed by atoms with Gasteiger partial charge in [0.1, 0.15) is 5.76 Å². The fourth-order valence-corrected chi connectivity index (χ4v) is 2.83. The second-order valence-electron chi connectivity index (χ2n) is 5.46. The Hall–Kier alpha value is -3.39. The van der Waals surface area contributed by atoms with Crippen molar-refractivity contribution in [2.24, 2.45) is 0 Å². The second kappa shape index (κ2) is 6.49. The normalized spacial score (nSPS) is 11.0. The van der Waals surface area contributed by atoms with Crippen LogP contribution < -0.4 is 4.90 Å². The zero-order valence-electron chi connectivity index (χ0n) is 13.2. The third-order valence-corrected chi connectivity index (χ3v) is 4.14. The number of nitrogens with zero attached hydrogens (tertiary/aromatic N) is 4. The SMILES string of the molecule is O=[N+]([O-])c1ccc(N(Cc2ccco2)c2ccc(Cl)cc2)c2nonc12. The number of furan rings is 1. The van der Waals surface area contributed by atoms with Crippen molar-refractivity contribution in [1.82, 2.24) is 10.3 Å². The molecule has 0 aliphatic heterocycles. The summed E-state index contributed by atoms with van der Waals surface area (Å²) in [6.45, 7) is 0.383. The number of benzene rings is 2. The first-order valence-corrected chi connectivity index (χ1v) is 7.96. The minimum atomic E-state index is -0.518. The maximum atomic E-state index is 11.2. The van der Waals surface area contributed by atoms with Crippen molar-refractivity contribution in [3.8, 4) is 0 Å². The Kier molecular flexibility index (Phi) is 4.02. The van der Waals surface area contributed by atoms with Gasteiger partial charge in [-0.2, -0.15) is 0 Å². The summed E-state index contributed by atoms with van der Waals surface area (Å²) < 4.78 is 10.2. The lowest BCUT2D eigenvalue weighted by molar-refractivity contribution is -0.383. The van der Waals surface area contributed by atoms with Gasteiger partial charge in [0.15, 0.2) is 5.52 Å². The van der Waals surface area contributed by atoms with Gasteiger partial charge >= 0.3 is 5.69 Å². The molecule has 130 valence electrons. The molecule has 0 saturated carbocycles. The molecule has 0 atom stereocenters. The molecule has 0 N–H and O–H groups in total. The number of halogens is 1. The van der Waals surface area contributed by atoms with Crippen molar-refractivity contribution >= 4 is 39.7 Å². The summed E-state index contributed by atoms with van der Waals surface area (Å²) in [6, 6.07) is 13.8. The summed E-state index contributed by atoms with van der Waals surface area (Å²) in [5.74, 6) is 0.711. The van der Waals surface area contributed by atoms with Crippen LogP contribution in [0.2, 0.25) is 5.02 Å². The quantitative estimate of drug-likeness (QED) is 0.370. The van der Waals surface area contributed by atoms with Gasteiger partial charge in [0.05, 0.1) is 23.4 Å². The molecule has 0 aliphatic rings. The van der Waals surface area contributed by atoms with Crippen molar-refractivity contribution in [1.29, 1.82) is 0 Å². The molecule has 4 rings (SSSR count). The Morgan fingerprint density at radius 3 is 2.54 bits per heavy atom. The fraction of sp³-hybridized carbons (Fsp3) is 0.0588. The molecule has 0 saturated heterocycles. The number of nitro benzene ring substituents is 1. The number of non-ortho nitro benzene ring substituents is 1. The largest absolute Gasteiger partial charge is 0.467 e. The zero-order valence-corrected chi connectivity index (χ0v) is 14.0. The molecule has 0 bridgehead atoms. The number of hydrogen-bond donors (Lipinski definition) is 0. The Balaban J connectivity index is 1.87. The average Bonchev–Trinajstić information content (AvgIpc) is 3.31. The molecule has 9 heteroatoms. The van der Waals surface area contributed by atoms with E-state index in [1.54, 1.807) is 30.5 Å². The zero-order chi connectivity index (χ0) is 18.1. The van der Waals surface area contributed by atoms with Crippen LogP contribution in [0.5, 0.6) is 0 Å². The Labute approximate surface area is 151 Å². The van der Waals surface area contributed by atoms with Gasteiger partial charge in [0, 0.05) is 16.8 Å². The molecule has 26 heavy (non-hydrogen) atoms. The molecule has 0 radical (unpaired) electrons. The molecule has 0 unspecified atom stereocenters. The monoisotopic (exact) mass is 370 g/mol. The van der Waals surface area contributed by atoms with E-state index in [0.717, 1.165) is 5.69 Å². The third kappa shape index (κ3) is 2.86. The topological polar surface area (TPSA) is 98.4 Å². The first kappa shape index (κ1) is 16.1. The highest BCUT2D eigenvalue weighted by Gasteiger charge is 2.23. The number of hydrogen-bond acceptors (Lipinski definition) is 7. The van der Waals surface area contributed by atoms with Crippen molar-refractivity contribution in [3.05, 3.63) is 75.7 Å². The van der Waals surface area contributed by atoms with E-state index >= 15 is 0 Å². The van der Waals surface area contributed by atoms with E-state index in [2.05, 4.69) is 10.3 Å². The highest BCUT2D eigenvalue weighted by molar-refractivity contribution is 6.30. The summed E-state index contributed by atoms with van der Waals surface area (Å²) in [4.78, 5) is 12.6. The maximum Gasteiger partial charge on any atom is 0.300 e. The van der Waals surface area contributed by atoms with Gasteiger partial charge in [-0.3, -0.25) is 10.1 Å². The van der Waals surface area contributed by atoms with Crippen LogP contribution in [0.15, 0.2) is 63.8 Å². The molecule has 8 nitrogen and oxygen atoms in total. The van der Waals surface area contributed by atoms with Gasteiger partial charge in [-0.25, -0.2) is 4.63 Å². The van der Waals surface area contributed by atoms with Gasteiger partial charge < -0.3 is 9.32 Å². The number of aromatic nitrogens is 2. The highest BCUT2D eigenvalue weighted by Crippen LogP contribution is 2.36. The van der Waals surface area contributed by atoms with E-state index in [-0.39, 0.29) is 11.2 Å². The molecule has 0 spiro atoms. The molecule has 4 aromatic rings. The van der Waals surface area contributed by atoms with E-state index in [1.807, 2.05) is 23.1 Å². The van der Waals surface area contributed by atoms with Gasteiger partial charge in [-0.05, 0) is 52.8 Å². The first-order chi connectivity index (χ1) is 12.6. The lowest BCUT2D eigenvalue weighted by Gasteiger charge is -2.24. The van der Waals surface area contributed by atoms with Crippen molar-refractivity contribution in [2.75, 3.05) is 4.90 Å². The molecule has 2 heterocycles. The average molecular weight is 371 g/mol. The Morgan fingerprint density at radius 2 is 1.85 bits per heavy atom. The smallest absolute Gasteiger partial charge is 0.300 e. The molecule has 0 amide bonds. The van der Waals surface area contributed by atoms with Crippen LogP contribution in [0.4, 0.5) is 17.1 Å². The van der Waals surface area contributed by atoms with E-state index in [9.17, 15) is 10.1 Å². The molecule has 0 fully saturated rings. The van der Waals surface area contributed by atoms with Gasteiger partial charge in [-0.1, -0.05) is 11.6 Å². The Morgan fingerprint density at radius 1 is 1.08 bits per heavy atom. The molecule has 2 aromatic carbocycles. The van der Waals surface area contributed by atoms with E-state index in [0.29, 0.717) is 28.5 Å². The van der Waals surface area contributed by atoms with Crippen LogP contribution in [0.3, 0.4) is 0 Å². The summed E-state index contributed by atoms with van der Waals surface area (Å²) in [6.07, 6.45) is 1.58. The van der Waals surface area contributed by atoms with E-state index < -0.39 is 4.92 Å². The summed E-state index contributed by atoms with van der Waals surface area (Å²) >= 11 is 5.99. The fourth-order valence-electron chi connectivity index (χ4n) is 2.70. The first-order valence-electron chi connectivity index (χ1n) is 7.58. The second-order valence-corrected chi connectivity index (χ2v) is 5.90. The molecule has 0 aliphatic carbocycles. The van der Waals surface area contributed by atoms with Gasteiger partial charge in [0.2, 0.25) is 5.52 Å².